The first kappa shape index (κ1) is 6.61. The first-order valence-corrected chi connectivity index (χ1v) is 3.90. The van der Waals surface area contributed by atoms with Gasteiger partial charge in [0.05, 0.1) is 11.2 Å². The fourth-order valence-electron chi connectivity index (χ4n) is 1.11. The molecule has 0 heterocycles. The molecule has 0 aliphatic heterocycles. The second-order valence-electron chi connectivity index (χ2n) is 2.66. The van der Waals surface area contributed by atoms with Crippen LogP contribution in [-0.4, -0.2) is 7.04 Å². The molecule has 0 radical (unpaired) electrons. The van der Waals surface area contributed by atoms with Gasteiger partial charge in [0.15, 0.2) is 0 Å². The minimum absolute atomic E-state index is 0.274. The van der Waals surface area contributed by atoms with Gasteiger partial charge in [-0.1, -0.05) is 6.08 Å². The van der Waals surface area contributed by atoms with Crippen molar-refractivity contribution in [1.29, 1.82) is 5.26 Å². The number of halogens is 1. The van der Waals surface area contributed by atoms with E-state index >= 15 is 0 Å². The molecule has 0 aliphatic rings. The molecule has 0 fully saturated rings. The van der Waals surface area contributed by atoms with E-state index in [1.807, 2.05) is 0 Å². The quantitative estimate of drug-likeness (QED) is 0.692. The number of nitriles is 1. The summed E-state index contributed by atoms with van der Waals surface area (Å²) in [7, 11) is -2.72. The van der Waals surface area contributed by atoms with E-state index in [4.69, 9.17) is 9.37 Å². The molecular weight excluding hydrogens is 181 g/mol. The first-order chi connectivity index (χ1) is 7.87. The first-order valence-electron chi connectivity index (χ1n) is 5.40. The van der Waals surface area contributed by atoms with Crippen LogP contribution in [0.4, 0.5) is 4.39 Å². The zero-order valence-electron chi connectivity index (χ0n) is 10.4. The predicted octanol–water partition coefficient (Wildman–Crippen LogP) is 2.43. The van der Waals surface area contributed by atoms with Gasteiger partial charge in [-0.25, -0.2) is 4.39 Å². The van der Waals surface area contributed by atoms with E-state index in [0.717, 1.165) is 6.07 Å². The molecule has 14 heavy (non-hydrogen) atoms. The van der Waals surface area contributed by atoms with Crippen molar-refractivity contribution in [2.75, 3.05) is 7.04 Å². The number of ether oxygens (including phenoxy) is 1. The molecule has 0 N–H and O–H groups in total. The van der Waals surface area contributed by atoms with Crippen molar-refractivity contribution in [3.8, 4) is 11.8 Å². The van der Waals surface area contributed by atoms with Gasteiger partial charge in [-0.15, -0.1) is 6.58 Å². The average Bonchev–Trinajstić information content (AvgIpc) is 2.15. The topological polar surface area (TPSA) is 33.0 Å². The van der Waals surface area contributed by atoms with E-state index < -0.39 is 18.4 Å². The maximum absolute atomic E-state index is 13.5. The monoisotopic (exact) mass is 194 g/mol. The summed E-state index contributed by atoms with van der Waals surface area (Å²) in [5, 5.41) is 8.74. The molecule has 0 spiro atoms. The molecule has 1 aromatic carbocycles. The molecular formula is C11H10FNO. The van der Waals surface area contributed by atoms with E-state index in [2.05, 4.69) is 11.3 Å². The fraction of sp³-hybridized carbons (Fsp3) is 0.182. The summed E-state index contributed by atoms with van der Waals surface area (Å²) in [5.74, 6) is -1.07. The van der Waals surface area contributed by atoms with Crippen molar-refractivity contribution in [3.05, 3.63) is 41.7 Å². The molecule has 0 saturated carbocycles. The van der Waals surface area contributed by atoms with Crippen molar-refractivity contribution in [1.82, 2.24) is 0 Å². The summed E-state index contributed by atoms with van der Waals surface area (Å²) in [6.45, 7) is 3.49. The van der Waals surface area contributed by atoms with Crippen LogP contribution in [0.1, 0.15) is 15.2 Å². The molecule has 1 rings (SSSR count). The van der Waals surface area contributed by atoms with Gasteiger partial charge in [-0.2, -0.15) is 5.26 Å². The summed E-state index contributed by atoms with van der Waals surface area (Å²) in [6, 6.07) is 4.07. The van der Waals surface area contributed by atoms with Crippen LogP contribution < -0.4 is 4.74 Å². The Morgan fingerprint density at radius 3 is 3.14 bits per heavy atom. The molecule has 0 saturated heterocycles. The van der Waals surface area contributed by atoms with Crippen LogP contribution in [0.2, 0.25) is 0 Å². The molecule has 0 atom stereocenters. The SMILES string of the molecule is [2H]C([2H])([2H])Oc1cc(CC=C)cc(F)c1C#N. The van der Waals surface area contributed by atoms with Crippen LogP contribution in [0, 0.1) is 17.1 Å². The number of methoxy groups -OCH3 is 1. The Kier molecular flexibility index (Phi) is 2.09. The summed E-state index contributed by atoms with van der Waals surface area (Å²) >= 11 is 0. The fourth-order valence-corrected chi connectivity index (χ4v) is 1.11. The molecule has 72 valence electrons. The second-order valence-corrected chi connectivity index (χ2v) is 2.66. The summed E-state index contributed by atoms with van der Waals surface area (Å²) in [6.07, 6.45) is 1.90. The molecule has 0 unspecified atom stereocenters. The molecule has 0 aliphatic carbocycles. The molecule has 2 nitrogen and oxygen atoms in total. The van der Waals surface area contributed by atoms with Gasteiger partial charge in [0, 0.05) is 0 Å². The van der Waals surface area contributed by atoms with E-state index in [1.165, 1.54) is 6.07 Å². The van der Waals surface area contributed by atoms with Gasteiger partial charge in [0.1, 0.15) is 23.2 Å². The zero-order valence-corrected chi connectivity index (χ0v) is 7.38. The summed E-state index contributed by atoms with van der Waals surface area (Å²) in [5.41, 5.74) is 0.0877. The molecule has 0 aromatic heterocycles. The van der Waals surface area contributed by atoms with Crippen molar-refractivity contribution < 1.29 is 13.2 Å². The van der Waals surface area contributed by atoms with Crippen LogP contribution in [0.25, 0.3) is 0 Å². The Balaban J connectivity index is 3.25. The highest BCUT2D eigenvalue weighted by Crippen LogP contribution is 2.23. The van der Waals surface area contributed by atoms with E-state index in [-0.39, 0.29) is 5.75 Å². The van der Waals surface area contributed by atoms with Crippen LogP contribution in [0.15, 0.2) is 24.8 Å². The Morgan fingerprint density at radius 1 is 1.79 bits per heavy atom. The van der Waals surface area contributed by atoms with Crippen LogP contribution in [0.5, 0.6) is 5.75 Å². The van der Waals surface area contributed by atoms with Gasteiger partial charge in [-0.05, 0) is 24.1 Å². The van der Waals surface area contributed by atoms with Gasteiger partial charge in [0.2, 0.25) is 0 Å². The maximum atomic E-state index is 13.5. The minimum Gasteiger partial charge on any atom is -0.495 e. The number of allylic oxidation sites excluding steroid dienone is 1. The highest BCUT2D eigenvalue weighted by Gasteiger charge is 2.10. The van der Waals surface area contributed by atoms with Crippen molar-refractivity contribution in [2.24, 2.45) is 0 Å². The van der Waals surface area contributed by atoms with E-state index in [9.17, 15) is 4.39 Å². The lowest BCUT2D eigenvalue weighted by molar-refractivity contribution is 0.409. The van der Waals surface area contributed by atoms with Crippen molar-refractivity contribution in [3.63, 3.8) is 0 Å². The van der Waals surface area contributed by atoms with Crippen LogP contribution in [0.3, 0.4) is 0 Å². The summed E-state index contributed by atoms with van der Waals surface area (Å²) in [4.78, 5) is 0. The van der Waals surface area contributed by atoms with Crippen molar-refractivity contribution in [2.45, 2.75) is 6.42 Å². The van der Waals surface area contributed by atoms with Gasteiger partial charge in [-0.3, -0.25) is 0 Å². The Morgan fingerprint density at radius 2 is 2.57 bits per heavy atom. The average molecular weight is 194 g/mol. The van der Waals surface area contributed by atoms with Gasteiger partial charge < -0.3 is 4.74 Å². The lowest BCUT2D eigenvalue weighted by Crippen LogP contribution is -1.94. The van der Waals surface area contributed by atoms with E-state index in [1.54, 1.807) is 12.1 Å². The third-order valence-corrected chi connectivity index (χ3v) is 1.72. The van der Waals surface area contributed by atoms with Gasteiger partial charge >= 0.3 is 0 Å². The number of rotatable bonds is 3. The lowest BCUT2D eigenvalue weighted by Gasteiger charge is -2.05. The minimum atomic E-state index is -2.72. The largest absolute Gasteiger partial charge is 0.495 e. The number of nitrogens with zero attached hydrogens (tertiary/aromatic N) is 1. The van der Waals surface area contributed by atoms with Gasteiger partial charge in [0.25, 0.3) is 0 Å². The standard InChI is InChI=1S/C11H10FNO/c1-3-4-8-5-10(12)9(7-13)11(6-8)14-2/h3,5-6H,1,4H2,2H3/i2D3. The third kappa shape index (κ3) is 1.91. The zero-order chi connectivity index (χ0) is 13.1. The Bertz CT molecular complexity index is 477. The van der Waals surface area contributed by atoms with Crippen molar-refractivity contribution >= 4 is 0 Å². The Hall–Kier alpha value is -1.82. The molecule has 0 amide bonds. The third-order valence-electron chi connectivity index (χ3n) is 1.72. The highest BCUT2D eigenvalue weighted by atomic mass is 19.1. The summed E-state index contributed by atoms with van der Waals surface area (Å²) < 4.78 is 38.9. The van der Waals surface area contributed by atoms with E-state index in [0.29, 0.717) is 12.0 Å². The molecule has 3 heteroatoms. The lowest BCUT2D eigenvalue weighted by atomic mass is 10.1. The normalized spacial score (nSPS) is 13.3. The number of hydrogen-bond donors (Lipinski definition) is 0. The number of hydrogen-bond acceptors (Lipinski definition) is 2. The molecule has 1 aromatic rings. The predicted molar refractivity (Wildman–Crippen MR) is 51.6 cm³/mol. The van der Waals surface area contributed by atoms with Crippen LogP contribution >= 0.6 is 0 Å². The second kappa shape index (κ2) is 4.43. The number of benzene rings is 1. The maximum Gasteiger partial charge on any atom is 0.145 e. The smallest absolute Gasteiger partial charge is 0.145 e. The Labute approximate surface area is 86.5 Å². The van der Waals surface area contributed by atoms with Crippen LogP contribution in [-0.2, 0) is 6.42 Å². The molecule has 0 bridgehead atoms. The highest BCUT2D eigenvalue weighted by molar-refractivity contribution is 5.46.